The van der Waals surface area contributed by atoms with Crippen molar-refractivity contribution in [2.75, 3.05) is 13.2 Å². The number of thiophene rings is 1. The number of aliphatic hydroxyl groups excluding tert-OH is 1. The molecule has 0 radical (unpaired) electrons. The second-order valence-electron chi connectivity index (χ2n) is 7.39. The first-order valence-electron chi connectivity index (χ1n) is 8.77. The molecule has 1 spiro atoms. The van der Waals surface area contributed by atoms with E-state index in [0.717, 1.165) is 45.3 Å². The van der Waals surface area contributed by atoms with Gasteiger partial charge in [-0.25, -0.2) is 0 Å². The van der Waals surface area contributed by atoms with E-state index in [-0.39, 0.29) is 11.7 Å². The van der Waals surface area contributed by atoms with Crippen LogP contribution >= 0.6 is 11.3 Å². The number of fused-ring (bicyclic) bond motifs is 2. The van der Waals surface area contributed by atoms with E-state index in [1.807, 2.05) is 11.3 Å². The molecule has 3 heterocycles. The summed E-state index contributed by atoms with van der Waals surface area (Å²) in [5.74, 6) is 0. The van der Waals surface area contributed by atoms with Gasteiger partial charge in [0.25, 0.3) is 0 Å². The maximum absolute atomic E-state index is 10.3. The van der Waals surface area contributed by atoms with Gasteiger partial charge in [-0.1, -0.05) is 0 Å². The second kappa shape index (κ2) is 5.59. The fourth-order valence-electron chi connectivity index (χ4n) is 4.95. The van der Waals surface area contributed by atoms with Crippen molar-refractivity contribution in [2.24, 2.45) is 0 Å². The van der Waals surface area contributed by atoms with E-state index in [0.29, 0.717) is 12.1 Å². The van der Waals surface area contributed by atoms with Crippen LogP contribution in [0.5, 0.6) is 0 Å². The van der Waals surface area contributed by atoms with Crippen molar-refractivity contribution in [1.29, 1.82) is 0 Å². The second-order valence-corrected chi connectivity index (χ2v) is 8.73. The number of likely N-dealkylation sites (tertiary alicyclic amines) is 1. The Bertz CT molecular complexity index is 557. The molecule has 0 aromatic carbocycles. The molecule has 0 bridgehead atoms. The number of piperidine rings is 1. The minimum Gasteiger partial charge on any atom is -0.391 e. The third-order valence-electron chi connectivity index (χ3n) is 5.97. The predicted octanol–water partition coefficient (Wildman–Crippen LogP) is 3.22. The van der Waals surface area contributed by atoms with Gasteiger partial charge in [-0.05, 0) is 57.6 Å². The first-order valence-corrected chi connectivity index (χ1v) is 9.58. The molecule has 0 amide bonds. The van der Waals surface area contributed by atoms with Crippen LogP contribution in [0, 0.1) is 6.92 Å². The first-order chi connectivity index (χ1) is 10.6. The minimum absolute atomic E-state index is 0.0577. The van der Waals surface area contributed by atoms with Crippen LogP contribution in [0.15, 0.2) is 6.07 Å². The summed E-state index contributed by atoms with van der Waals surface area (Å²) < 4.78 is 6.37. The average Bonchev–Trinajstić information content (AvgIpc) is 3.06. The first kappa shape index (κ1) is 15.1. The van der Waals surface area contributed by atoms with Crippen LogP contribution in [0.1, 0.15) is 54.3 Å². The van der Waals surface area contributed by atoms with E-state index in [2.05, 4.69) is 24.8 Å². The standard InChI is InChI=1S/C18H27NO2S/c1-12-11-18(7-8-19(12)15-4-3-5-16(15)20)14-10-13(2)22-17(14)6-9-21-18/h10,12,15-16,20H,3-9,11H2,1-2H3/t12-,15?,16?,18+/m0/s1. The van der Waals surface area contributed by atoms with Crippen LogP contribution in [0.2, 0.25) is 0 Å². The number of hydrogen-bond acceptors (Lipinski definition) is 4. The van der Waals surface area contributed by atoms with E-state index in [4.69, 9.17) is 4.74 Å². The van der Waals surface area contributed by atoms with Gasteiger partial charge in [-0.3, -0.25) is 4.90 Å². The Balaban J connectivity index is 1.57. The van der Waals surface area contributed by atoms with Gasteiger partial charge in [0.05, 0.1) is 18.3 Å². The molecule has 4 rings (SSSR count). The van der Waals surface area contributed by atoms with Gasteiger partial charge in [0.1, 0.15) is 0 Å². The van der Waals surface area contributed by atoms with Crippen LogP contribution in [0.4, 0.5) is 0 Å². The molecule has 3 nitrogen and oxygen atoms in total. The fourth-order valence-corrected chi connectivity index (χ4v) is 6.06. The van der Waals surface area contributed by atoms with E-state index in [9.17, 15) is 5.11 Å². The number of ether oxygens (including phenoxy) is 1. The van der Waals surface area contributed by atoms with Gasteiger partial charge in [0.15, 0.2) is 0 Å². The van der Waals surface area contributed by atoms with Crippen LogP contribution in [-0.2, 0) is 16.8 Å². The Morgan fingerprint density at radius 2 is 2.27 bits per heavy atom. The number of nitrogens with zero attached hydrogens (tertiary/aromatic N) is 1. The van der Waals surface area contributed by atoms with E-state index >= 15 is 0 Å². The smallest absolute Gasteiger partial charge is 0.0969 e. The molecule has 1 saturated carbocycles. The fraction of sp³-hybridized carbons (Fsp3) is 0.778. The van der Waals surface area contributed by atoms with Crippen molar-refractivity contribution in [3.05, 3.63) is 21.4 Å². The van der Waals surface area contributed by atoms with Crippen molar-refractivity contribution >= 4 is 11.3 Å². The molecular weight excluding hydrogens is 294 g/mol. The van der Waals surface area contributed by atoms with Gasteiger partial charge >= 0.3 is 0 Å². The summed E-state index contributed by atoms with van der Waals surface area (Å²) in [4.78, 5) is 5.52. The topological polar surface area (TPSA) is 32.7 Å². The number of aryl methyl sites for hydroxylation is 1. The number of aliphatic hydroxyl groups is 1. The summed E-state index contributed by atoms with van der Waals surface area (Å²) in [5, 5.41) is 10.3. The Morgan fingerprint density at radius 3 is 3.00 bits per heavy atom. The third kappa shape index (κ3) is 2.35. The van der Waals surface area contributed by atoms with Gasteiger partial charge in [0, 0.05) is 34.8 Å². The molecule has 122 valence electrons. The highest BCUT2D eigenvalue weighted by atomic mass is 32.1. The van der Waals surface area contributed by atoms with Crippen LogP contribution in [-0.4, -0.2) is 41.3 Å². The number of rotatable bonds is 1. The van der Waals surface area contributed by atoms with E-state index < -0.39 is 0 Å². The lowest BCUT2D eigenvalue weighted by Crippen LogP contribution is -2.55. The van der Waals surface area contributed by atoms with Crippen molar-refractivity contribution in [1.82, 2.24) is 4.90 Å². The van der Waals surface area contributed by atoms with Crippen molar-refractivity contribution < 1.29 is 9.84 Å². The summed E-state index contributed by atoms with van der Waals surface area (Å²) in [5.41, 5.74) is 1.41. The Labute approximate surface area is 137 Å². The van der Waals surface area contributed by atoms with E-state index in [1.54, 1.807) is 4.88 Å². The normalized spacial score (nSPS) is 39.3. The zero-order valence-electron chi connectivity index (χ0n) is 13.7. The molecule has 2 unspecified atom stereocenters. The molecule has 1 aromatic heterocycles. The monoisotopic (exact) mass is 321 g/mol. The maximum atomic E-state index is 10.3. The average molecular weight is 321 g/mol. The quantitative estimate of drug-likeness (QED) is 0.862. The Morgan fingerprint density at radius 1 is 1.41 bits per heavy atom. The van der Waals surface area contributed by atoms with Gasteiger partial charge < -0.3 is 9.84 Å². The molecule has 3 aliphatic rings. The molecule has 1 saturated heterocycles. The third-order valence-corrected chi connectivity index (χ3v) is 7.08. The largest absolute Gasteiger partial charge is 0.391 e. The Kier molecular flexibility index (Phi) is 3.84. The molecule has 1 aromatic rings. The van der Waals surface area contributed by atoms with Crippen LogP contribution in [0.25, 0.3) is 0 Å². The number of hydrogen-bond donors (Lipinski definition) is 1. The predicted molar refractivity (Wildman–Crippen MR) is 89.4 cm³/mol. The highest BCUT2D eigenvalue weighted by molar-refractivity contribution is 7.12. The lowest BCUT2D eigenvalue weighted by atomic mass is 9.78. The van der Waals surface area contributed by atoms with Crippen molar-refractivity contribution in [2.45, 2.75) is 76.2 Å². The highest BCUT2D eigenvalue weighted by Crippen LogP contribution is 2.47. The summed E-state index contributed by atoms with van der Waals surface area (Å²) in [6.45, 7) is 6.45. The highest BCUT2D eigenvalue weighted by Gasteiger charge is 2.46. The molecule has 2 fully saturated rings. The molecular formula is C18H27NO2S. The lowest BCUT2D eigenvalue weighted by molar-refractivity contribution is -0.122. The Hall–Kier alpha value is -0.420. The van der Waals surface area contributed by atoms with Crippen molar-refractivity contribution in [3.8, 4) is 0 Å². The molecule has 22 heavy (non-hydrogen) atoms. The maximum Gasteiger partial charge on any atom is 0.0969 e. The summed E-state index contributed by atoms with van der Waals surface area (Å²) in [7, 11) is 0. The zero-order chi connectivity index (χ0) is 15.3. The van der Waals surface area contributed by atoms with Gasteiger partial charge in [-0.15, -0.1) is 11.3 Å². The molecule has 4 heteroatoms. The lowest BCUT2D eigenvalue weighted by Gasteiger charge is -2.49. The molecule has 1 aliphatic carbocycles. The van der Waals surface area contributed by atoms with Crippen LogP contribution in [0.3, 0.4) is 0 Å². The SMILES string of the molecule is Cc1cc2c(s1)CCO[C@@]21CCN(C2CCCC2O)[C@@H](C)C1. The summed E-state index contributed by atoms with van der Waals surface area (Å²) in [6, 6.07) is 3.23. The van der Waals surface area contributed by atoms with Crippen molar-refractivity contribution in [3.63, 3.8) is 0 Å². The molecule has 1 N–H and O–H groups in total. The van der Waals surface area contributed by atoms with Gasteiger partial charge in [-0.2, -0.15) is 0 Å². The minimum atomic E-state index is -0.122. The molecule has 4 atom stereocenters. The van der Waals surface area contributed by atoms with Crippen LogP contribution < -0.4 is 0 Å². The van der Waals surface area contributed by atoms with E-state index in [1.165, 1.54) is 16.9 Å². The van der Waals surface area contributed by atoms with Gasteiger partial charge in [0.2, 0.25) is 0 Å². The molecule has 2 aliphatic heterocycles. The summed E-state index contributed by atoms with van der Waals surface area (Å²) in [6.07, 6.45) is 6.40. The zero-order valence-corrected chi connectivity index (χ0v) is 14.5. The summed E-state index contributed by atoms with van der Waals surface area (Å²) >= 11 is 1.95.